The van der Waals surface area contributed by atoms with Gasteiger partial charge in [0, 0.05) is 31.0 Å². The van der Waals surface area contributed by atoms with E-state index >= 15 is 0 Å². The molecule has 3 aromatic rings. The second-order valence-electron chi connectivity index (χ2n) is 7.35. The summed E-state index contributed by atoms with van der Waals surface area (Å²) in [5.41, 5.74) is 3.28. The van der Waals surface area contributed by atoms with Crippen molar-refractivity contribution in [3.8, 4) is 0 Å². The second kappa shape index (κ2) is 8.69. The van der Waals surface area contributed by atoms with Crippen LogP contribution >= 0.6 is 11.5 Å². The lowest BCUT2D eigenvalue weighted by atomic mass is 10.1. The average Bonchev–Trinajstić information content (AvgIpc) is 3.38. The van der Waals surface area contributed by atoms with Crippen LogP contribution in [0.1, 0.15) is 35.4 Å². The van der Waals surface area contributed by atoms with Crippen molar-refractivity contribution in [2.45, 2.75) is 38.8 Å². The van der Waals surface area contributed by atoms with Crippen LogP contribution in [0.15, 0.2) is 48.5 Å². The summed E-state index contributed by atoms with van der Waals surface area (Å²) < 4.78 is 17.5. The Labute approximate surface area is 173 Å². The number of halogens is 1. The number of carbonyl (C=O) groups excluding carboxylic acids is 1. The number of aromatic nitrogens is 2. The van der Waals surface area contributed by atoms with Gasteiger partial charge in [-0.3, -0.25) is 4.79 Å². The summed E-state index contributed by atoms with van der Waals surface area (Å²) in [6.45, 7) is 3.25. The molecule has 1 fully saturated rings. The van der Waals surface area contributed by atoms with Crippen LogP contribution in [0.5, 0.6) is 0 Å². The number of amides is 1. The summed E-state index contributed by atoms with van der Waals surface area (Å²) in [6, 6.07) is 14.3. The molecule has 1 atom stereocenters. The molecule has 4 rings (SSSR count). The minimum atomic E-state index is -0.278. The molecule has 0 spiro atoms. The maximum atomic E-state index is 13.0. The molecule has 0 radical (unpaired) electrons. The van der Waals surface area contributed by atoms with E-state index in [2.05, 4.69) is 50.8 Å². The molecule has 5 nitrogen and oxygen atoms in total. The van der Waals surface area contributed by atoms with E-state index in [1.54, 1.807) is 12.1 Å². The number of rotatable bonds is 6. The first-order valence-corrected chi connectivity index (χ1v) is 10.5. The minimum Gasteiger partial charge on any atom is -0.350 e. The van der Waals surface area contributed by atoms with E-state index in [0.717, 1.165) is 35.9 Å². The zero-order valence-electron chi connectivity index (χ0n) is 16.3. The summed E-state index contributed by atoms with van der Waals surface area (Å²) in [7, 11) is 0. The van der Waals surface area contributed by atoms with Gasteiger partial charge in [-0.2, -0.15) is 4.37 Å². The third-order valence-corrected chi connectivity index (χ3v) is 5.91. The van der Waals surface area contributed by atoms with Gasteiger partial charge < -0.3 is 10.2 Å². The topological polar surface area (TPSA) is 58.1 Å². The average molecular weight is 411 g/mol. The smallest absolute Gasteiger partial charge is 0.243 e. The van der Waals surface area contributed by atoms with Gasteiger partial charge in [0.2, 0.25) is 11.0 Å². The van der Waals surface area contributed by atoms with Gasteiger partial charge in [-0.1, -0.05) is 42.0 Å². The molecule has 1 N–H and O–H groups in total. The van der Waals surface area contributed by atoms with Crippen LogP contribution in [0.2, 0.25) is 0 Å². The van der Waals surface area contributed by atoms with E-state index in [1.807, 2.05) is 0 Å². The molecular weight excluding hydrogens is 387 g/mol. The predicted octanol–water partition coefficient (Wildman–Crippen LogP) is 3.86. The minimum absolute atomic E-state index is 0.0258. The van der Waals surface area contributed by atoms with Crippen LogP contribution in [0, 0.1) is 12.7 Å². The molecule has 150 valence electrons. The zero-order valence-corrected chi connectivity index (χ0v) is 17.1. The van der Waals surface area contributed by atoms with Crippen molar-refractivity contribution in [3.63, 3.8) is 0 Å². The van der Waals surface area contributed by atoms with E-state index in [-0.39, 0.29) is 17.8 Å². The molecular formula is C22H23FN4OS. The van der Waals surface area contributed by atoms with Gasteiger partial charge >= 0.3 is 0 Å². The molecule has 1 aliphatic rings. The van der Waals surface area contributed by atoms with Crippen molar-refractivity contribution in [3.05, 3.63) is 76.9 Å². The Balaban J connectivity index is 1.38. The van der Waals surface area contributed by atoms with E-state index < -0.39 is 0 Å². The summed E-state index contributed by atoms with van der Waals surface area (Å²) in [6.07, 6.45) is 2.43. The second-order valence-corrected chi connectivity index (χ2v) is 8.08. The standard InChI is InChI=1S/C22H23FN4OS/c1-15-4-6-16(7-5-15)13-20-25-22(29-26-20)27-12-2-3-19(27)21(28)24-14-17-8-10-18(23)11-9-17/h4-11,19H,2-3,12-14H2,1H3,(H,24,28)/t19-/m1/s1. The van der Waals surface area contributed by atoms with Crippen LogP contribution in [-0.2, 0) is 17.8 Å². The lowest BCUT2D eigenvalue weighted by Gasteiger charge is -2.22. The first kappa shape index (κ1) is 19.5. The first-order valence-electron chi connectivity index (χ1n) is 9.75. The summed E-state index contributed by atoms with van der Waals surface area (Å²) in [4.78, 5) is 19.5. The van der Waals surface area contributed by atoms with Crippen molar-refractivity contribution in [1.29, 1.82) is 0 Å². The molecule has 1 saturated heterocycles. The fourth-order valence-electron chi connectivity index (χ4n) is 3.50. The van der Waals surface area contributed by atoms with Gasteiger partial charge in [-0.25, -0.2) is 9.37 Å². The maximum absolute atomic E-state index is 13.0. The molecule has 1 aromatic heterocycles. The van der Waals surface area contributed by atoms with Gasteiger partial charge in [0.05, 0.1) is 0 Å². The molecule has 0 unspecified atom stereocenters. The normalized spacial score (nSPS) is 16.2. The Kier molecular flexibility index (Phi) is 5.85. The quantitative estimate of drug-likeness (QED) is 0.670. The molecule has 0 saturated carbocycles. The Morgan fingerprint density at radius 3 is 2.66 bits per heavy atom. The number of hydrogen-bond acceptors (Lipinski definition) is 5. The number of anilines is 1. The Morgan fingerprint density at radius 2 is 1.90 bits per heavy atom. The zero-order chi connectivity index (χ0) is 20.2. The third kappa shape index (κ3) is 4.79. The molecule has 2 heterocycles. The van der Waals surface area contributed by atoms with Crippen LogP contribution in [-0.4, -0.2) is 27.9 Å². The number of carbonyl (C=O) groups is 1. The summed E-state index contributed by atoms with van der Waals surface area (Å²) in [5.74, 6) is 0.480. The van der Waals surface area contributed by atoms with Gasteiger partial charge in [-0.05, 0) is 43.0 Å². The summed E-state index contributed by atoms with van der Waals surface area (Å²) >= 11 is 1.35. The van der Waals surface area contributed by atoms with Gasteiger partial charge in [-0.15, -0.1) is 0 Å². The van der Waals surface area contributed by atoms with Crippen molar-refractivity contribution in [1.82, 2.24) is 14.7 Å². The lowest BCUT2D eigenvalue weighted by molar-refractivity contribution is -0.122. The van der Waals surface area contributed by atoms with Gasteiger partial charge in [0.1, 0.15) is 17.7 Å². The molecule has 0 aliphatic carbocycles. The Morgan fingerprint density at radius 1 is 1.17 bits per heavy atom. The highest BCUT2D eigenvalue weighted by Crippen LogP contribution is 2.28. The molecule has 29 heavy (non-hydrogen) atoms. The van der Waals surface area contributed by atoms with Crippen LogP contribution in [0.3, 0.4) is 0 Å². The predicted molar refractivity (Wildman–Crippen MR) is 113 cm³/mol. The summed E-state index contributed by atoms with van der Waals surface area (Å²) in [5, 5.41) is 3.76. The molecule has 1 amide bonds. The van der Waals surface area contributed by atoms with Gasteiger partial charge in [0.25, 0.3) is 0 Å². The van der Waals surface area contributed by atoms with Crippen LogP contribution in [0.25, 0.3) is 0 Å². The van der Waals surface area contributed by atoms with Crippen molar-refractivity contribution >= 4 is 22.6 Å². The fraction of sp³-hybridized carbons (Fsp3) is 0.318. The van der Waals surface area contributed by atoms with E-state index in [9.17, 15) is 9.18 Å². The first-order chi connectivity index (χ1) is 14.1. The molecule has 0 bridgehead atoms. The van der Waals surface area contributed by atoms with Crippen LogP contribution in [0.4, 0.5) is 9.52 Å². The van der Waals surface area contributed by atoms with E-state index in [1.165, 1.54) is 34.8 Å². The Hall–Kier alpha value is -2.80. The number of nitrogens with zero attached hydrogens (tertiary/aromatic N) is 3. The monoisotopic (exact) mass is 410 g/mol. The lowest BCUT2D eigenvalue weighted by Crippen LogP contribution is -2.43. The highest BCUT2D eigenvalue weighted by Gasteiger charge is 2.32. The van der Waals surface area contributed by atoms with E-state index in [0.29, 0.717) is 13.0 Å². The largest absolute Gasteiger partial charge is 0.350 e. The maximum Gasteiger partial charge on any atom is 0.243 e. The third-order valence-electron chi connectivity index (χ3n) is 5.12. The number of nitrogens with one attached hydrogen (secondary N) is 1. The SMILES string of the molecule is Cc1ccc(Cc2nsc(N3CCC[C@@H]3C(=O)NCc3ccc(F)cc3)n2)cc1. The van der Waals surface area contributed by atoms with E-state index in [4.69, 9.17) is 0 Å². The van der Waals surface area contributed by atoms with Crippen molar-refractivity contribution in [2.24, 2.45) is 0 Å². The molecule has 1 aliphatic heterocycles. The van der Waals surface area contributed by atoms with Crippen molar-refractivity contribution in [2.75, 3.05) is 11.4 Å². The number of aryl methyl sites for hydroxylation is 1. The highest BCUT2D eigenvalue weighted by atomic mass is 32.1. The number of benzene rings is 2. The van der Waals surface area contributed by atoms with Crippen LogP contribution < -0.4 is 10.2 Å². The fourth-order valence-corrected chi connectivity index (χ4v) is 4.26. The number of hydrogen-bond donors (Lipinski definition) is 1. The Bertz CT molecular complexity index is 971. The van der Waals surface area contributed by atoms with Gasteiger partial charge in [0.15, 0.2) is 0 Å². The van der Waals surface area contributed by atoms with Crippen molar-refractivity contribution < 1.29 is 9.18 Å². The molecule has 7 heteroatoms. The molecule has 2 aromatic carbocycles. The highest BCUT2D eigenvalue weighted by molar-refractivity contribution is 7.09.